The van der Waals surface area contributed by atoms with Crippen LogP contribution in [0, 0.1) is 11.3 Å². The number of nitrogens with zero attached hydrogens (tertiary/aromatic N) is 4. The number of ether oxygens (including phenoxy) is 1. The number of aliphatic hydroxyl groups is 2. The molecule has 2 fully saturated rings. The molecular weight excluding hydrogens is 819 g/mol. The van der Waals surface area contributed by atoms with E-state index < -0.39 is 84.6 Å². The number of phosphoric acid groups is 3. The van der Waals surface area contributed by atoms with Crippen LogP contribution in [0.1, 0.15) is 39.3 Å². The number of imidazole rings is 1. The second kappa shape index (κ2) is 18.3. The summed E-state index contributed by atoms with van der Waals surface area (Å²) in [5.74, 6) is -0.881. The number of hydrogen-bond acceptors (Lipinski definition) is 18. The maximum atomic E-state index is 12.7. The van der Waals surface area contributed by atoms with E-state index >= 15 is 0 Å². The monoisotopic (exact) mass is 861 g/mol. The van der Waals surface area contributed by atoms with E-state index in [1.54, 1.807) is 0 Å². The Hall–Kier alpha value is -2.70. The molecule has 2 amide bonds. The Bertz CT molecular complexity index is 1890. The summed E-state index contributed by atoms with van der Waals surface area (Å²) in [5.41, 5.74) is 4.83. The number of amides is 2. The summed E-state index contributed by atoms with van der Waals surface area (Å²) >= 11 is 1.05. The molecular formula is C27H42N7O17P3S. The molecule has 308 valence electrons. The lowest BCUT2D eigenvalue weighted by Crippen LogP contribution is -2.46. The first-order valence-electron chi connectivity index (χ1n) is 16.2. The Kier molecular flexibility index (Phi) is 14.9. The molecule has 4 rings (SSSR count). The van der Waals surface area contributed by atoms with Crippen LogP contribution in [0.4, 0.5) is 5.82 Å². The van der Waals surface area contributed by atoms with Crippen LogP contribution in [-0.2, 0) is 50.7 Å². The number of rotatable bonds is 21. The summed E-state index contributed by atoms with van der Waals surface area (Å²) in [6, 6.07) is 0. The van der Waals surface area contributed by atoms with Crippen molar-refractivity contribution in [1.82, 2.24) is 30.2 Å². The van der Waals surface area contributed by atoms with Gasteiger partial charge in [0.2, 0.25) is 16.9 Å². The highest BCUT2D eigenvalue weighted by atomic mass is 32.2. The number of hydrogen-bond donors (Lipinski definition) is 9. The fourth-order valence-electron chi connectivity index (χ4n) is 4.97. The van der Waals surface area contributed by atoms with Crippen molar-refractivity contribution >= 4 is 69.1 Å². The van der Waals surface area contributed by atoms with Gasteiger partial charge >= 0.3 is 23.5 Å². The number of phosphoric ester groups is 3. The van der Waals surface area contributed by atoms with Gasteiger partial charge in [0.05, 0.1) is 19.5 Å². The molecule has 0 radical (unpaired) electrons. The van der Waals surface area contributed by atoms with E-state index in [2.05, 4.69) is 41.0 Å². The van der Waals surface area contributed by atoms with Gasteiger partial charge in [0.15, 0.2) is 17.7 Å². The fraction of sp³-hybridized carbons (Fsp3) is 0.630. The first-order chi connectivity index (χ1) is 25.5. The number of nitrogens with one attached hydrogen (secondary N) is 2. The molecule has 1 saturated heterocycles. The Morgan fingerprint density at radius 1 is 1.09 bits per heavy atom. The minimum atomic E-state index is -5.57. The third-order valence-corrected chi connectivity index (χ3v) is 12.1. The number of anilines is 1. The van der Waals surface area contributed by atoms with Crippen LogP contribution in [0.5, 0.6) is 0 Å². The minimum Gasteiger partial charge on any atom is -0.386 e. The quantitative estimate of drug-likeness (QED) is 0.0439. The summed E-state index contributed by atoms with van der Waals surface area (Å²) in [6.45, 7) is 4.27. The van der Waals surface area contributed by atoms with Crippen LogP contribution in [0.2, 0.25) is 0 Å². The second-order valence-corrected chi connectivity index (χ2v) is 18.3. The number of aliphatic hydroxyl groups excluding tert-OH is 2. The van der Waals surface area contributed by atoms with Gasteiger partial charge in [-0.15, -0.1) is 0 Å². The number of aromatic nitrogens is 4. The number of nitrogen functional groups attached to an aromatic ring is 1. The van der Waals surface area contributed by atoms with Gasteiger partial charge in [-0.25, -0.2) is 28.6 Å². The molecule has 7 unspecified atom stereocenters. The summed E-state index contributed by atoms with van der Waals surface area (Å²) in [5, 5.41) is 26.2. The van der Waals surface area contributed by atoms with Crippen molar-refractivity contribution in [3.05, 3.63) is 24.8 Å². The summed E-state index contributed by atoms with van der Waals surface area (Å²) in [7, 11) is -16.4. The number of fused-ring (bicyclic) bond motifs is 1. The van der Waals surface area contributed by atoms with Crippen molar-refractivity contribution in [2.24, 2.45) is 11.3 Å². The van der Waals surface area contributed by atoms with Gasteiger partial charge < -0.3 is 50.9 Å². The van der Waals surface area contributed by atoms with Gasteiger partial charge in [-0.2, -0.15) is 4.31 Å². The second-order valence-electron chi connectivity index (χ2n) is 13.0. The van der Waals surface area contributed by atoms with E-state index in [0.717, 1.165) is 41.8 Å². The lowest BCUT2D eigenvalue weighted by molar-refractivity contribution is -0.137. The number of carbonyl (C=O) groups is 3. The van der Waals surface area contributed by atoms with Crippen molar-refractivity contribution in [3.8, 4) is 0 Å². The molecule has 24 nitrogen and oxygen atoms in total. The van der Waals surface area contributed by atoms with E-state index in [0.29, 0.717) is 11.3 Å². The van der Waals surface area contributed by atoms with Gasteiger partial charge in [-0.1, -0.05) is 32.2 Å². The van der Waals surface area contributed by atoms with E-state index in [1.165, 1.54) is 13.8 Å². The molecule has 2 aliphatic rings. The third kappa shape index (κ3) is 12.9. The SMILES string of the molecule is C=C(C(=O)SCCNC(=O)CCNC(=O)C(O)C(C)(C)COP(=O)(O)OP(=O)(O)OCC1OC(n2cnc3c(N)ncnc32)C(O)C1OP(=O)(O)O)C1CC1. The number of thioether (sulfide) groups is 1. The van der Waals surface area contributed by atoms with Crippen LogP contribution < -0.4 is 16.4 Å². The highest BCUT2D eigenvalue weighted by Gasteiger charge is 2.50. The molecule has 1 aliphatic heterocycles. The lowest BCUT2D eigenvalue weighted by atomic mass is 9.87. The minimum absolute atomic E-state index is 0.0305. The van der Waals surface area contributed by atoms with Crippen LogP contribution in [0.25, 0.3) is 11.2 Å². The van der Waals surface area contributed by atoms with Gasteiger partial charge in [0.25, 0.3) is 0 Å². The zero-order valence-corrected chi connectivity index (χ0v) is 32.8. The first-order valence-corrected chi connectivity index (χ1v) is 21.8. The highest BCUT2D eigenvalue weighted by molar-refractivity contribution is 8.14. The van der Waals surface area contributed by atoms with E-state index in [-0.39, 0.29) is 47.5 Å². The molecule has 28 heteroatoms. The lowest BCUT2D eigenvalue weighted by Gasteiger charge is -2.30. The van der Waals surface area contributed by atoms with Crippen molar-refractivity contribution in [3.63, 3.8) is 0 Å². The largest absolute Gasteiger partial charge is 0.481 e. The highest BCUT2D eigenvalue weighted by Crippen LogP contribution is 2.61. The summed E-state index contributed by atoms with van der Waals surface area (Å²) in [6.07, 6.45) is -5.01. The van der Waals surface area contributed by atoms with Crippen molar-refractivity contribution in [2.75, 3.05) is 37.8 Å². The Balaban J connectivity index is 1.24. The molecule has 3 heterocycles. The summed E-state index contributed by atoms with van der Waals surface area (Å²) < 4.78 is 62.0. The molecule has 1 aliphatic carbocycles. The predicted octanol–water partition coefficient (Wildman–Crippen LogP) is -0.369. The number of carbonyl (C=O) groups excluding carboxylic acids is 3. The molecule has 2 aromatic heterocycles. The number of nitrogens with two attached hydrogens (primary N) is 1. The zero-order valence-electron chi connectivity index (χ0n) is 29.3. The molecule has 10 N–H and O–H groups in total. The van der Waals surface area contributed by atoms with Gasteiger partial charge in [-0.3, -0.25) is 32.5 Å². The van der Waals surface area contributed by atoms with E-state index in [9.17, 15) is 57.9 Å². The molecule has 2 aromatic rings. The molecule has 0 aromatic carbocycles. The zero-order chi connectivity index (χ0) is 40.9. The fourth-order valence-corrected chi connectivity index (χ4v) is 8.54. The van der Waals surface area contributed by atoms with Gasteiger partial charge in [-0.05, 0) is 18.8 Å². The van der Waals surface area contributed by atoms with Crippen LogP contribution >= 0.6 is 35.2 Å². The topological polar surface area (TPSA) is 364 Å². The van der Waals surface area contributed by atoms with Gasteiger partial charge in [0, 0.05) is 36.3 Å². The maximum Gasteiger partial charge on any atom is 0.481 e. The maximum absolute atomic E-state index is 12.7. The Labute approximate surface area is 317 Å². The van der Waals surface area contributed by atoms with Crippen molar-refractivity contribution < 1.29 is 80.5 Å². The molecule has 0 bridgehead atoms. The molecule has 7 atom stereocenters. The Morgan fingerprint density at radius 3 is 2.42 bits per heavy atom. The van der Waals surface area contributed by atoms with Crippen LogP contribution in [-0.4, -0.2) is 123 Å². The first kappa shape index (κ1) is 45.0. The van der Waals surface area contributed by atoms with E-state index in [1.807, 2.05) is 0 Å². The molecule has 55 heavy (non-hydrogen) atoms. The average molecular weight is 862 g/mol. The average Bonchev–Trinajstić information content (AvgIpc) is 3.78. The summed E-state index contributed by atoms with van der Waals surface area (Å²) in [4.78, 5) is 87.5. The Morgan fingerprint density at radius 2 is 1.76 bits per heavy atom. The normalized spacial score (nSPS) is 23.1. The van der Waals surface area contributed by atoms with Crippen LogP contribution in [0.15, 0.2) is 24.8 Å². The molecule has 1 saturated carbocycles. The van der Waals surface area contributed by atoms with Crippen molar-refractivity contribution in [1.29, 1.82) is 0 Å². The predicted molar refractivity (Wildman–Crippen MR) is 189 cm³/mol. The standard InChI is InChI=1S/C27H42N7O17P3S/c1-14(15-4-5-15)26(39)55-9-8-29-17(35)6-7-30-24(38)21(37)27(2,3)11-48-54(45,46)51-53(43,44)47-10-16-20(50-52(40,41)42)19(36)25(49-16)34-13-33-18-22(28)31-12-32-23(18)34/h12-13,15-16,19-21,25,36-37H,1,4-11H2,2-3H3,(H,29,35)(H,30,38)(H,43,44)(H,45,46)(H2,28,31,32)(H2,40,41,42). The van der Waals surface area contributed by atoms with Crippen molar-refractivity contribution in [2.45, 2.75) is 63.8 Å². The van der Waals surface area contributed by atoms with Gasteiger partial charge in [0.1, 0.15) is 36.3 Å². The smallest absolute Gasteiger partial charge is 0.386 e. The molecule has 0 spiro atoms. The van der Waals surface area contributed by atoms with E-state index in [4.69, 9.17) is 19.5 Å². The van der Waals surface area contributed by atoms with Crippen LogP contribution in [0.3, 0.4) is 0 Å². The third-order valence-electron chi connectivity index (χ3n) is 8.07.